The fraction of sp³-hybridized carbons (Fsp3) is 0.320. The number of aryl methyl sites for hydroxylation is 2. The molecular weight excluding hydrogens is 473 g/mol. The van der Waals surface area contributed by atoms with Crippen LogP contribution in [0.3, 0.4) is 0 Å². The van der Waals surface area contributed by atoms with Crippen molar-refractivity contribution in [2.75, 3.05) is 11.4 Å². The summed E-state index contributed by atoms with van der Waals surface area (Å²) in [6, 6.07) is 13.5. The van der Waals surface area contributed by atoms with Gasteiger partial charge in [0.25, 0.3) is 5.56 Å². The number of fused-ring (bicyclic) bond motifs is 3. The summed E-state index contributed by atoms with van der Waals surface area (Å²) in [5.74, 6) is 0.965. The lowest BCUT2D eigenvalue weighted by Crippen LogP contribution is -2.40. The summed E-state index contributed by atoms with van der Waals surface area (Å²) in [5.41, 5.74) is 3.02. The maximum atomic E-state index is 13.6. The molecule has 176 valence electrons. The molecule has 5 rings (SSSR count). The molecule has 0 saturated heterocycles. The van der Waals surface area contributed by atoms with Crippen molar-refractivity contribution in [2.45, 2.75) is 33.4 Å². The summed E-state index contributed by atoms with van der Waals surface area (Å²) >= 11 is 12.2. The number of aromatic nitrogens is 4. The van der Waals surface area contributed by atoms with Crippen LogP contribution in [0, 0.1) is 5.92 Å². The molecule has 1 aliphatic rings. The first-order valence-corrected chi connectivity index (χ1v) is 12.0. The lowest BCUT2D eigenvalue weighted by atomic mass is 10.1. The van der Waals surface area contributed by atoms with Crippen molar-refractivity contribution in [3.8, 4) is 0 Å². The molecule has 34 heavy (non-hydrogen) atoms. The summed E-state index contributed by atoms with van der Waals surface area (Å²) in [4.78, 5) is 33.7. The van der Waals surface area contributed by atoms with E-state index >= 15 is 0 Å². The minimum absolute atomic E-state index is 0.0938. The Bertz CT molecular complexity index is 1520. The van der Waals surface area contributed by atoms with Crippen molar-refractivity contribution in [2.24, 2.45) is 13.0 Å². The van der Waals surface area contributed by atoms with Gasteiger partial charge in [-0.3, -0.25) is 13.9 Å². The van der Waals surface area contributed by atoms with Crippen molar-refractivity contribution in [3.05, 3.63) is 84.5 Å². The number of halogens is 2. The summed E-state index contributed by atoms with van der Waals surface area (Å²) in [5, 5.41) is 0.803. The van der Waals surface area contributed by atoms with Crippen LogP contribution in [0.1, 0.15) is 25.0 Å². The lowest BCUT2D eigenvalue weighted by molar-refractivity contribution is 0.458. The van der Waals surface area contributed by atoms with Crippen LogP contribution in [0.25, 0.3) is 11.2 Å². The highest BCUT2D eigenvalue weighted by atomic mass is 35.5. The van der Waals surface area contributed by atoms with Gasteiger partial charge < -0.3 is 9.47 Å². The fourth-order valence-electron chi connectivity index (χ4n) is 4.59. The van der Waals surface area contributed by atoms with E-state index in [0.717, 1.165) is 24.2 Å². The first kappa shape index (κ1) is 22.7. The molecule has 0 radical (unpaired) electrons. The number of hydrogen-bond acceptors (Lipinski definition) is 4. The van der Waals surface area contributed by atoms with Crippen LogP contribution in [0.2, 0.25) is 10.0 Å². The average Bonchev–Trinajstić information content (AvgIpc) is 3.22. The molecule has 0 N–H and O–H groups in total. The van der Waals surface area contributed by atoms with Crippen LogP contribution in [0.5, 0.6) is 0 Å². The van der Waals surface area contributed by atoms with Crippen LogP contribution < -0.4 is 16.1 Å². The highest BCUT2D eigenvalue weighted by Crippen LogP contribution is 2.33. The lowest BCUT2D eigenvalue weighted by Gasteiger charge is -2.33. The third kappa shape index (κ3) is 3.73. The largest absolute Gasteiger partial charge is 0.332 e. The Balaban J connectivity index is 1.68. The zero-order valence-corrected chi connectivity index (χ0v) is 20.8. The van der Waals surface area contributed by atoms with Gasteiger partial charge in [0.1, 0.15) is 0 Å². The van der Waals surface area contributed by atoms with Crippen molar-refractivity contribution < 1.29 is 0 Å². The number of rotatable bonds is 4. The molecule has 0 amide bonds. The zero-order chi connectivity index (χ0) is 24.1. The van der Waals surface area contributed by atoms with E-state index in [2.05, 4.69) is 43.0 Å². The van der Waals surface area contributed by atoms with Gasteiger partial charge in [0, 0.05) is 25.8 Å². The van der Waals surface area contributed by atoms with E-state index in [4.69, 9.17) is 28.2 Å². The molecule has 0 unspecified atom stereocenters. The Morgan fingerprint density at radius 2 is 1.71 bits per heavy atom. The Hall–Kier alpha value is -3.03. The predicted molar refractivity (Wildman–Crippen MR) is 137 cm³/mol. The number of benzene rings is 2. The molecule has 2 aromatic heterocycles. The van der Waals surface area contributed by atoms with Gasteiger partial charge >= 0.3 is 5.69 Å². The molecule has 0 spiro atoms. The standard InChI is InChI=1S/C25H25Cl2N5O2/c1-4-16-5-8-18(9-6-16)30-12-15(2)13-31-21-22(28-24(30)31)29(3)25(34)32(23(21)33)14-17-7-10-19(26)20(27)11-17/h5-11,15H,4,12-14H2,1-3H3/t15-/m1/s1. The first-order chi connectivity index (χ1) is 16.3. The van der Waals surface area contributed by atoms with E-state index in [1.807, 2.05) is 4.57 Å². The molecule has 1 atom stereocenters. The second kappa shape index (κ2) is 8.64. The maximum Gasteiger partial charge on any atom is 0.332 e. The molecule has 4 aromatic rings. The van der Waals surface area contributed by atoms with Gasteiger partial charge in [0.05, 0.1) is 16.6 Å². The van der Waals surface area contributed by atoms with E-state index in [1.54, 1.807) is 25.2 Å². The Morgan fingerprint density at radius 3 is 2.38 bits per heavy atom. The molecule has 0 bridgehead atoms. The average molecular weight is 498 g/mol. The normalized spacial score (nSPS) is 15.7. The van der Waals surface area contributed by atoms with Gasteiger partial charge in [-0.25, -0.2) is 4.79 Å². The van der Waals surface area contributed by atoms with Crippen LogP contribution in [-0.2, 0) is 26.6 Å². The molecule has 2 aromatic carbocycles. The molecular formula is C25H25Cl2N5O2. The van der Waals surface area contributed by atoms with E-state index in [-0.39, 0.29) is 18.0 Å². The summed E-state index contributed by atoms with van der Waals surface area (Å²) in [7, 11) is 1.65. The maximum absolute atomic E-state index is 13.6. The van der Waals surface area contributed by atoms with Crippen LogP contribution in [0.4, 0.5) is 11.6 Å². The Labute approximate surface area is 206 Å². The Kier molecular flexibility index (Phi) is 5.78. The topological polar surface area (TPSA) is 65.1 Å². The molecule has 3 heterocycles. The molecule has 0 aliphatic carbocycles. The first-order valence-electron chi connectivity index (χ1n) is 11.3. The minimum Gasteiger partial charge on any atom is -0.312 e. The number of nitrogens with zero attached hydrogens (tertiary/aromatic N) is 5. The van der Waals surface area contributed by atoms with Crippen molar-refractivity contribution in [1.82, 2.24) is 18.7 Å². The fourth-order valence-corrected chi connectivity index (χ4v) is 4.91. The summed E-state index contributed by atoms with van der Waals surface area (Å²) in [6.07, 6.45) is 0.968. The number of anilines is 2. The van der Waals surface area contributed by atoms with Crippen molar-refractivity contribution in [1.29, 1.82) is 0 Å². The zero-order valence-electron chi connectivity index (χ0n) is 19.3. The van der Waals surface area contributed by atoms with Gasteiger partial charge in [-0.05, 0) is 47.7 Å². The van der Waals surface area contributed by atoms with Crippen molar-refractivity contribution in [3.63, 3.8) is 0 Å². The van der Waals surface area contributed by atoms with Crippen molar-refractivity contribution >= 4 is 46.0 Å². The monoisotopic (exact) mass is 497 g/mol. The predicted octanol–water partition coefficient (Wildman–Crippen LogP) is 4.60. The van der Waals surface area contributed by atoms with Crippen LogP contribution >= 0.6 is 23.2 Å². The smallest absolute Gasteiger partial charge is 0.312 e. The number of hydrogen-bond donors (Lipinski definition) is 0. The van der Waals surface area contributed by atoms with Gasteiger partial charge in [0.2, 0.25) is 5.95 Å². The van der Waals surface area contributed by atoms with Crippen LogP contribution in [0.15, 0.2) is 52.1 Å². The highest BCUT2D eigenvalue weighted by molar-refractivity contribution is 6.42. The van der Waals surface area contributed by atoms with Crippen LogP contribution in [-0.4, -0.2) is 25.2 Å². The minimum atomic E-state index is -0.425. The second-order valence-electron chi connectivity index (χ2n) is 8.91. The molecule has 0 saturated carbocycles. The molecule has 1 aliphatic heterocycles. The molecule has 7 nitrogen and oxygen atoms in total. The van der Waals surface area contributed by atoms with Gasteiger partial charge in [0.15, 0.2) is 11.2 Å². The summed E-state index contributed by atoms with van der Waals surface area (Å²) < 4.78 is 4.63. The SMILES string of the molecule is CCc1ccc(N2C[C@@H](C)Cn3c2nc2c3c(=O)n(Cc3ccc(Cl)c(Cl)c3)c(=O)n2C)cc1. The van der Waals surface area contributed by atoms with Gasteiger partial charge in [-0.1, -0.05) is 55.2 Å². The van der Waals surface area contributed by atoms with E-state index in [0.29, 0.717) is 33.7 Å². The molecule has 9 heteroatoms. The third-order valence-corrected chi connectivity index (χ3v) is 7.16. The van der Waals surface area contributed by atoms with Gasteiger partial charge in [-0.15, -0.1) is 0 Å². The van der Waals surface area contributed by atoms with E-state index in [9.17, 15) is 9.59 Å². The third-order valence-electron chi connectivity index (χ3n) is 6.42. The van der Waals surface area contributed by atoms with E-state index in [1.165, 1.54) is 14.7 Å². The van der Waals surface area contributed by atoms with Gasteiger partial charge in [-0.2, -0.15) is 4.98 Å². The van der Waals surface area contributed by atoms with E-state index < -0.39 is 5.69 Å². The molecule has 0 fully saturated rings. The Morgan fingerprint density at radius 1 is 1.00 bits per heavy atom. The highest BCUT2D eigenvalue weighted by Gasteiger charge is 2.29. The summed E-state index contributed by atoms with van der Waals surface area (Å²) in [6.45, 7) is 5.80. The second-order valence-corrected chi connectivity index (χ2v) is 9.73. The quantitative estimate of drug-likeness (QED) is 0.413. The number of imidazole rings is 1.